The molecular weight excluding hydrogens is 491 g/mol. The Morgan fingerprint density at radius 2 is 1.74 bits per heavy atom. The van der Waals surface area contributed by atoms with E-state index in [-0.39, 0.29) is 0 Å². The largest absolute Gasteiger partial charge is 0.467 e. The number of hydrogen-bond acceptors (Lipinski definition) is 5. The van der Waals surface area contributed by atoms with Crippen LogP contribution >= 0.6 is 23.2 Å². The number of rotatable bonds is 5. The Labute approximate surface area is 211 Å². The first-order valence-electron chi connectivity index (χ1n) is 10.9. The van der Waals surface area contributed by atoms with E-state index in [9.17, 15) is 14.4 Å². The monoisotopic (exact) mass is 510 g/mol. The second-order valence-corrected chi connectivity index (χ2v) is 9.35. The third kappa shape index (κ3) is 4.19. The van der Waals surface area contributed by atoms with Gasteiger partial charge in [-0.05, 0) is 54.4 Å². The highest BCUT2D eigenvalue weighted by Crippen LogP contribution is 2.34. The van der Waals surface area contributed by atoms with Crippen LogP contribution < -0.4 is 5.32 Å². The van der Waals surface area contributed by atoms with Crippen LogP contribution in [-0.2, 0) is 15.1 Å². The summed E-state index contributed by atoms with van der Waals surface area (Å²) in [6, 6.07) is 16.1. The zero-order valence-corrected chi connectivity index (χ0v) is 20.1. The van der Waals surface area contributed by atoms with Gasteiger partial charge in [-0.25, -0.2) is 9.80 Å². The maximum Gasteiger partial charge on any atom is 0.325 e. The van der Waals surface area contributed by atoms with Crippen LogP contribution in [0, 0.1) is 0 Å². The van der Waals surface area contributed by atoms with Crippen molar-refractivity contribution >= 4 is 46.8 Å². The fraction of sp³-hybridized carbons (Fsp3) is 0.200. The van der Waals surface area contributed by atoms with Crippen LogP contribution in [0.2, 0.25) is 10.0 Å². The molecule has 1 saturated heterocycles. The van der Waals surface area contributed by atoms with Crippen molar-refractivity contribution < 1.29 is 18.8 Å². The molecular formula is C25H20Cl2N4O4. The molecule has 1 aromatic heterocycles. The van der Waals surface area contributed by atoms with Gasteiger partial charge in [0, 0.05) is 16.5 Å². The summed E-state index contributed by atoms with van der Waals surface area (Å²) < 4.78 is 5.56. The van der Waals surface area contributed by atoms with Gasteiger partial charge >= 0.3 is 6.03 Å². The van der Waals surface area contributed by atoms with Crippen molar-refractivity contribution in [3.8, 4) is 0 Å². The smallest absolute Gasteiger partial charge is 0.325 e. The van der Waals surface area contributed by atoms with Gasteiger partial charge in [-0.1, -0.05) is 47.5 Å². The summed E-state index contributed by atoms with van der Waals surface area (Å²) in [6.45, 7) is 1.13. The lowest BCUT2D eigenvalue weighted by molar-refractivity contribution is -0.140. The molecule has 0 radical (unpaired) electrons. The fourth-order valence-corrected chi connectivity index (χ4v) is 4.54. The number of hydrogen-bond donors (Lipinski definition) is 1. The summed E-state index contributed by atoms with van der Waals surface area (Å²) >= 11 is 12.0. The Morgan fingerprint density at radius 3 is 2.37 bits per heavy atom. The second-order valence-electron chi connectivity index (χ2n) is 8.48. The average Bonchev–Trinajstić information content (AvgIpc) is 3.56. The minimum atomic E-state index is -1.31. The van der Waals surface area contributed by atoms with E-state index in [1.807, 2.05) is 12.1 Å². The molecule has 0 saturated carbocycles. The number of carbonyl (C=O) groups excluding carboxylic acids is 3. The number of nitrogens with zero attached hydrogens (tertiary/aromatic N) is 3. The number of benzene rings is 2. The standard InChI is InChI=1S/C25H20Cl2N4O4/c1-25(16-6-10-18(27)11-7-16)23(33)30(24(34)28-25)14-22(32)31-20(21-3-2-12-35-21)13-19(29-31)15-4-8-17(26)9-5-15/h2-12,20H,13-14H2,1H3,(H,28,34). The highest BCUT2D eigenvalue weighted by molar-refractivity contribution is 6.31. The van der Waals surface area contributed by atoms with Crippen LogP contribution in [0.1, 0.15) is 36.3 Å². The van der Waals surface area contributed by atoms with E-state index in [4.69, 9.17) is 27.6 Å². The van der Waals surface area contributed by atoms with E-state index in [1.165, 1.54) is 11.3 Å². The molecule has 4 amide bonds. The molecule has 35 heavy (non-hydrogen) atoms. The maximum absolute atomic E-state index is 13.4. The number of carbonyl (C=O) groups is 3. The lowest BCUT2D eigenvalue weighted by Crippen LogP contribution is -2.43. The van der Waals surface area contributed by atoms with Gasteiger partial charge in [0.2, 0.25) is 0 Å². The van der Waals surface area contributed by atoms with Gasteiger partial charge in [0.15, 0.2) is 0 Å². The van der Waals surface area contributed by atoms with Crippen molar-refractivity contribution in [2.45, 2.75) is 24.9 Å². The number of hydrazone groups is 1. The van der Waals surface area contributed by atoms with E-state index < -0.39 is 36.0 Å². The summed E-state index contributed by atoms with van der Waals surface area (Å²) in [6.07, 6.45) is 1.93. The number of amides is 4. The van der Waals surface area contributed by atoms with Crippen molar-refractivity contribution in [1.82, 2.24) is 15.2 Å². The molecule has 3 heterocycles. The first kappa shape index (κ1) is 23.1. The van der Waals surface area contributed by atoms with Crippen LogP contribution in [0.15, 0.2) is 76.4 Å². The van der Waals surface area contributed by atoms with E-state index in [1.54, 1.807) is 55.5 Å². The Kier molecular flexibility index (Phi) is 5.86. The van der Waals surface area contributed by atoms with Crippen molar-refractivity contribution in [3.05, 3.63) is 93.9 Å². The van der Waals surface area contributed by atoms with E-state index in [2.05, 4.69) is 10.4 Å². The molecule has 2 aliphatic heterocycles. The molecule has 2 aromatic carbocycles. The molecule has 2 atom stereocenters. The zero-order chi connectivity index (χ0) is 24.7. The van der Waals surface area contributed by atoms with Gasteiger partial charge in [-0.3, -0.25) is 14.5 Å². The number of urea groups is 1. The van der Waals surface area contributed by atoms with Crippen LogP contribution in [0.25, 0.3) is 0 Å². The van der Waals surface area contributed by atoms with Gasteiger partial charge < -0.3 is 9.73 Å². The molecule has 1 N–H and O–H groups in total. The van der Waals surface area contributed by atoms with Crippen LogP contribution in [0.4, 0.5) is 4.79 Å². The summed E-state index contributed by atoms with van der Waals surface area (Å²) in [5.41, 5.74) is 0.726. The third-order valence-corrected chi connectivity index (χ3v) is 6.71. The third-order valence-electron chi connectivity index (χ3n) is 6.20. The Balaban J connectivity index is 1.40. The highest BCUT2D eigenvalue weighted by Gasteiger charge is 2.50. The SMILES string of the molecule is CC1(c2ccc(Cl)cc2)NC(=O)N(CC(=O)N2N=C(c3ccc(Cl)cc3)CC2c2ccco2)C1=O. The predicted octanol–water partition coefficient (Wildman–Crippen LogP) is 4.73. The van der Waals surface area contributed by atoms with Crippen LogP contribution in [-0.4, -0.2) is 40.0 Å². The fourth-order valence-electron chi connectivity index (χ4n) is 4.29. The predicted molar refractivity (Wildman–Crippen MR) is 130 cm³/mol. The van der Waals surface area contributed by atoms with Crippen molar-refractivity contribution in [1.29, 1.82) is 0 Å². The number of furan rings is 1. The average molecular weight is 511 g/mol. The van der Waals surface area contributed by atoms with Crippen molar-refractivity contribution in [3.63, 3.8) is 0 Å². The summed E-state index contributed by atoms with van der Waals surface area (Å²) in [5.74, 6) is -0.498. The molecule has 2 aliphatic rings. The molecule has 0 bridgehead atoms. The Hall–Kier alpha value is -3.62. The molecule has 8 nitrogen and oxygen atoms in total. The molecule has 0 aliphatic carbocycles. The normalized spacial score (nSPS) is 21.9. The first-order valence-corrected chi connectivity index (χ1v) is 11.6. The highest BCUT2D eigenvalue weighted by atomic mass is 35.5. The van der Waals surface area contributed by atoms with Crippen molar-refractivity contribution in [2.24, 2.45) is 5.10 Å². The lowest BCUT2D eigenvalue weighted by atomic mass is 9.92. The molecule has 2 unspecified atom stereocenters. The van der Waals surface area contributed by atoms with E-state index in [0.29, 0.717) is 33.5 Å². The van der Waals surface area contributed by atoms with Gasteiger partial charge in [0.1, 0.15) is 23.9 Å². The molecule has 178 valence electrons. The van der Waals surface area contributed by atoms with Gasteiger partial charge in [-0.15, -0.1) is 0 Å². The molecule has 5 rings (SSSR count). The van der Waals surface area contributed by atoms with Gasteiger partial charge in [0.05, 0.1) is 12.0 Å². The minimum absolute atomic E-state index is 0.406. The Bertz CT molecular complexity index is 1320. The minimum Gasteiger partial charge on any atom is -0.467 e. The summed E-state index contributed by atoms with van der Waals surface area (Å²) in [5, 5.41) is 9.61. The summed E-state index contributed by atoms with van der Waals surface area (Å²) in [7, 11) is 0. The second kappa shape index (κ2) is 8.87. The van der Waals surface area contributed by atoms with Crippen LogP contribution in [0.3, 0.4) is 0 Å². The van der Waals surface area contributed by atoms with E-state index in [0.717, 1.165) is 10.5 Å². The van der Waals surface area contributed by atoms with Crippen molar-refractivity contribution in [2.75, 3.05) is 6.54 Å². The van der Waals surface area contributed by atoms with Gasteiger partial charge in [0.25, 0.3) is 11.8 Å². The number of halogens is 2. The molecule has 0 spiro atoms. The zero-order valence-electron chi connectivity index (χ0n) is 18.6. The molecule has 1 fully saturated rings. The quantitative estimate of drug-likeness (QED) is 0.501. The first-order chi connectivity index (χ1) is 16.8. The Morgan fingerprint density at radius 1 is 1.09 bits per heavy atom. The molecule has 10 heteroatoms. The van der Waals surface area contributed by atoms with Crippen LogP contribution in [0.5, 0.6) is 0 Å². The molecule has 3 aromatic rings. The summed E-state index contributed by atoms with van der Waals surface area (Å²) in [4.78, 5) is 40.3. The number of nitrogens with one attached hydrogen (secondary N) is 1. The maximum atomic E-state index is 13.4. The lowest BCUT2D eigenvalue weighted by Gasteiger charge is -2.24. The van der Waals surface area contributed by atoms with E-state index >= 15 is 0 Å². The topological polar surface area (TPSA) is 95.2 Å². The van der Waals surface area contributed by atoms with Gasteiger partial charge in [-0.2, -0.15) is 5.10 Å². The number of imide groups is 1.